The fraction of sp³-hybridized carbons (Fsp3) is 0.462. The summed E-state index contributed by atoms with van der Waals surface area (Å²) in [5.74, 6) is 1.26. The number of benzene rings is 1. The van der Waals surface area contributed by atoms with Crippen LogP contribution in [0.1, 0.15) is 6.42 Å². The SMILES string of the molecule is COc1ccc(OCC(=O)N(C)CCCO)cc1. The zero-order valence-corrected chi connectivity index (χ0v) is 10.8. The van der Waals surface area contributed by atoms with Crippen molar-refractivity contribution in [1.29, 1.82) is 0 Å². The second kappa shape index (κ2) is 7.55. The summed E-state index contributed by atoms with van der Waals surface area (Å²) in [6, 6.07) is 7.05. The maximum absolute atomic E-state index is 11.6. The van der Waals surface area contributed by atoms with Crippen molar-refractivity contribution in [2.24, 2.45) is 0 Å². The summed E-state index contributed by atoms with van der Waals surface area (Å²) in [4.78, 5) is 13.2. The first-order valence-corrected chi connectivity index (χ1v) is 5.79. The second-order valence-corrected chi connectivity index (χ2v) is 3.86. The number of hydrogen-bond acceptors (Lipinski definition) is 4. The van der Waals surface area contributed by atoms with Gasteiger partial charge >= 0.3 is 0 Å². The predicted molar refractivity (Wildman–Crippen MR) is 67.8 cm³/mol. The van der Waals surface area contributed by atoms with Gasteiger partial charge in [-0.15, -0.1) is 0 Å². The maximum atomic E-state index is 11.6. The molecule has 1 N–H and O–H groups in total. The number of rotatable bonds is 7. The lowest BCUT2D eigenvalue weighted by Gasteiger charge is -2.16. The number of hydrogen-bond donors (Lipinski definition) is 1. The number of aliphatic hydroxyl groups excluding tert-OH is 1. The highest BCUT2D eigenvalue weighted by atomic mass is 16.5. The van der Waals surface area contributed by atoms with Gasteiger partial charge in [-0.3, -0.25) is 4.79 Å². The first-order chi connectivity index (χ1) is 8.67. The quantitative estimate of drug-likeness (QED) is 0.785. The Bertz CT molecular complexity index is 364. The van der Waals surface area contributed by atoms with Crippen LogP contribution < -0.4 is 9.47 Å². The number of carbonyl (C=O) groups excluding carboxylic acids is 1. The van der Waals surface area contributed by atoms with E-state index in [2.05, 4.69) is 0 Å². The largest absolute Gasteiger partial charge is 0.497 e. The van der Waals surface area contributed by atoms with E-state index in [9.17, 15) is 4.79 Å². The minimum atomic E-state index is -0.112. The van der Waals surface area contributed by atoms with Crippen LogP contribution in [0.2, 0.25) is 0 Å². The monoisotopic (exact) mass is 253 g/mol. The molecule has 0 radical (unpaired) electrons. The summed E-state index contributed by atoms with van der Waals surface area (Å²) in [7, 11) is 3.28. The number of aliphatic hydroxyl groups is 1. The first-order valence-electron chi connectivity index (χ1n) is 5.79. The fourth-order valence-corrected chi connectivity index (χ4v) is 1.36. The molecule has 5 heteroatoms. The van der Waals surface area contributed by atoms with Crippen LogP contribution in [0, 0.1) is 0 Å². The summed E-state index contributed by atoms with van der Waals surface area (Å²) in [5, 5.41) is 8.67. The van der Waals surface area contributed by atoms with Crippen molar-refractivity contribution in [3.05, 3.63) is 24.3 Å². The van der Waals surface area contributed by atoms with Crippen LogP contribution in [-0.2, 0) is 4.79 Å². The van der Waals surface area contributed by atoms with Crippen LogP contribution in [0.25, 0.3) is 0 Å². The molecular formula is C13H19NO4. The number of carbonyl (C=O) groups is 1. The molecule has 0 aliphatic heterocycles. The van der Waals surface area contributed by atoms with Crippen molar-refractivity contribution in [3.63, 3.8) is 0 Å². The Balaban J connectivity index is 2.37. The molecule has 18 heavy (non-hydrogen) atoms. The van der Waals surface area contributed by atoms with Crippen LogP contribution in [0.4, 0.5) is 0 Å². The van der Waals surface area contributed by atoms with Crippen molar-refractivity contribution in [1.82, 2.24) is 4.90 Å². The molecule has 0 fully saturated rings. The normalized spacial score (nSPS) is 9.94. The lowest BCUT2D eigenvalue weighted by molar-refractivity contribution is -0.132. The zero-order valence-electron chi connectivity index (χ0n) is 10.8. The predicted octanol–water partition coefficient (Wildman–Crippen LogP) is 0.915. The van der Waals surface area contributed by atoms with Gasteiger partial charge in [-0.2, -0.15) is 0 Å². The fourth-order valence-electron chi connectivity index (χ4n) is 1.36. The van der Waals surface area contributed by atoms with Gasteiger partial charge in [0.1, 0.15) is 11.5 Å². The van der Waals surface area contributed by atoms with Gasteiger partial charge in [-0.1, -0.05) is 0 Å². The Morgan fingerprint density at radius 3 is 2.44 bits per heavy atom. The standard InChI is InChI=1S/C13H19NO4/c1-14(8-3-9-15)13(16)10-18-12-6-4-11(17-2)5-7-12/h4-7,15H,3,8-10H2,1-2H3. The molecule has 0 spiro atoms. The first kappa shape index (κ1) is 14.3. The molecule has 1 aromatic rings. The van der Waals surface area contributed by atoms with Gasteiger partial charge in [0.2, 0.25) is 0 Å². The van der Waals surface area contributed by atoms with Gasteiger partial charge in [0.25, 0.3) is 5.91 Å². The van der Waals surface area contributed by atoms with E-state index in [0.29, 0.717) is 18.7 Å². The number of methoxy groups -OCH3 is 1. The lowest BCUT2D eigenvalue weighted by atomic mass is 10.3. The van der Waals surface area contributed by atoms with Crippen LogP contribution in [-0.4, -0.2) is 49.8 Å². The lowest BCUT2D eigenvalue weighted by Crippen LogP contribution is -2.32. The molecule has 1 rings (SSSR count). The van der Waals surface area contributed by atoms with Gasteiger partial charge < -0.3 is 19.5 Å². The third-order valence-electron chi connectivity index (χ3n) is 2.50. The van der Waals surface area contributed by atoms with Crippen LogP contribution in [0.15, 0.2) is 24.3 Å². The van der Waals surface area contributed by atoms with Crippen molar-refractivity contribution < 1.29 is 19.4 Å². The minimum absolute atomic E-state index is 0.00570. The number of amides is 1. The zero-order chi connectivity index (χ0) is 13.4. The molecule has 0 bridgehead atoms. The van der Waals surface area contributed by atoms with E-state index >= 15 is 0 Å². The van der Waals surface area contributed by atoms with Crippen molar-refractivity contribution in [2.45, 2.75) is 6.42 Å². The highest BCUT2D eigenvalue weighted by Crippen LogP contribution is 2.16. The van der Waals surface area contributed by atoms with Crippen molar-refractivity contribution >= 4 is 5.91 Å². The summed E-state index contributed by atoms with van der Waals surface area (Å²) in [6.45, 7) is 0.604. The molecule has 0 unspecified atom stereocenters. The second-order valence-electron chi connectivity index (χ2n) is 3.86. The number of likely N-dealkylation sites (N-methyl/N-ethyl adjacent to an activating group) is 1. The van der Waals surface area contributed by atoms with E-state index in [1.807, 2.05) is 0 Å². The maximum Gasteiger partial charge on any atom is 0.260 e. The van der Waals surface area contributed by atoms with E-state index in [1.165, 1.54) is 0 Å². The summed E-state index contributed by atoms with van der Waals surface area (Å²) in [5.41, 5.74) is 0. The average Bonchev–Trinajstić information content (AvgIpc) is 2.42. The molecule has 1 aromatic carbocycles. The minimum Gasteiger partial charge on any atom is -0.497 e. The molecule has 0 aromatic heterocycles. The summed E-state index contributed by atoms with van der Waals surface area (Å²) >= 11 is 0. The van der Waals surface area contributed by atoms with Gasteiger partial charge in [0.05, 0.1) is 7.11 Å². The smallest absolute Gasteiger partial charge is 0.260 e. The van der Waals surface area contributed by atoms with E-state index < -0.39 is 0 Å². The number of nitrogens with zero attached hydrogens (tertiary/aromatic N) is 1. The highest BCUT2D eigenvalue weighted by molar-refractivity contribution is 5.77. The Hall–Kier alpha value is -1.75. The van der Waals surface area contributed by atoms with Crippen molar-refractivity contribution in [2.75, 3.05) is 33.9 Å². The van der Waals surface area contributed by atoms with E-state index in [4.69, 9.17) is 14.6 Å². The molecular weight excluding hydrogens is 234 g/mol. The summed E-state index contributed by atoms with van der Waals surface area (Å²) in [6.07, 6.45) is 0.574. The summed E-state index contributed by atoms with van der Waals surface area (Å²) < 4.78 is 10.4. The van der Waals surface area contributed by atoms with Crippen molar-refractivity contribution in [3.8, 4) is 11.5 Å². The Morgan fingerprint density at radius 2 is 1.89 bits per heavy atom. The Morgan fingerprint density at radius 1 is 1.28 bits per heavy atom. The molecule has 100 valence electrons. The Kier molecular flexibility index (Phi) is 6.00. The van der Waals surface area contributed by atoms with Gasteiger partial charge in [0, 0.05) is 20.2 Å². The third kappa shape index (κ3) is 4.63. The van der Waals surface area contributed by atoms with E-state index in [1.54, 1.807) is 43.3 Å². The van der Waals surface area contributed by atoms with Gasteiger partial charge in [0.15, 0.2) is 6.61 Å². The Labute approximate surface area is 107 Å². The van der Waals surface area contributed by atoms with Crippen LogP contribution >= 0.6 is 0 Å². The molecule has 0 heterocycles. The molecule has 5 nitrogen and oxygen atoms in total. The topological polar surface area (TPSA) is 59.0 Å². The van der Waals surface area contributed by atoms with Crippen LogP contribution in [0.5, 0.6) is 11.5 Å². The highest BCUT2D eigenvalue weighted by Gasteiger charge is 2.08. The third-order valence-corrected chi connectivity index (χ3v) is 2.50. The molecule has 1 amide bonds. The molecule has 0 aliphatic rings. The number of ether oxygens (including phenoxy) is 2. The van der Waals surface area contributed by atoms with E-state index in [-0.39, 0.29) is 19.1 Å². The average molecular weight is 253 g/mol. The molecule has 0 aliphatic carbocycles. The molecule has 0 atom stereocenters. The molecule has 0 saturated carbocycles. The molecule has 0 saturated heterocycles. The van der Waals surface area contributed by atoms with Gasteiger partial charge in [-0.05, 0) is 30.7 Å². The van der Waals surface area contributed by atoms with Crippen LogP contribution in [0.3, 0.4) is 0 Å². The van der Waals surface area contributed by atoms with E-state index in [0.717, 1.165) is 5.75 Å². The van der Waals surface area contributed by atoms with Gasteiger partial charge in [-0.25, -0.2) is 0 Å².